The van der Waals surface area contributed by atoms with E-state index in [1.165, 1.54) is 22.5 Å². The highest BCUT2D eigenvalue weighted by Crippen LogP contribution is 2.25. The quantitative estimate of drug-likeness (QED) is 0.839. The Bertz CT molecular complexity index is 711. The van der Waals surface area contributed by atoms with Crippen LogP contribution in [-0.4, -0.2) is 37.8 Å². The van der Waals surface area contributed by atoms with Gasteiger partial charge in [-0.25, -0.2) is 8.42 Å². The van der Waals surface area contributed by atoms with Crippen LogP contribution in [0.25, 0.3) is 0 Å². The van der Waals surface area contributed by atoms with E-state index in [0.29, 0.717) is 13.1 Å². The van der Waals surface area contributed by atoms with Gasteiger partial charge in [0, 0.05) is 19.1 Å². The molecule has 0 radical (unpaired) electrons. The third kappa shape index (κ3) is 4.96. The normalized spacial score (nSPS) is 18.0. The van der Waals surface area contributed by atoms with Gasteiger partial charge in [-0.3, -0.25) is 4.79 Å². The van der Waals surface area contributed by atoms with E-state index >= 15 is 0 Å². The van der Waals surface area contributed by atoms with E-state index in [1.54, 1.807) is 0 Å². The summed E-state index contributed by atoms with van der Waals surface area (Å²) in [6.07, 6.45) is 3.83. The highest BCUT2D eigenvalue weighted by atomic mass is 35.5. The van der Waals surface area contributed by atoms with Gasteiger partial charge in [0.1, 0.15) is 0 Å². The predicted molar refractivity (Wildman–Crippen MR) is 100 cm³/mol. The Morgan fingerprint density at radius 1 is 1.12 bits per heavy atom. The average molecular weight is 387 g/mol. The lowest BCUT2D eigenvalue weighted by Gasteiger charge is -2.21. The van der Waals surface area contributed by atoms with Gasteiger partial charge < -0.3 is 5.32 Å². The van der Waals surface area contributed by atoms with E-state index in [0.717, 1.165) is 25.7 Å². The Hall–Kier alpha value is -1.11. The maximum atomic E-state index is 12.9. The molecule has 0 aliphatic carbocycles. The highest BCUT2D eigenvalue weighted by molar-refractivity contribution is 7.89. The number of amides is 1. The van der Waals surface area contributed by atoms with E-state index < -0.39 is 10.0 Å². The van der Waals surface area contributed by atoms with E-state index in [9.17, 15) is 13.2 Å². The molecule has 1 heterocycles. The molecule has 2 rings (SSSR count). The fraction of sp³-hybridized carbons (Fsp3) is 0.611. The van der Waals surface area contributed by atoms with Crippen molar-refractivity contribution in [3.8, 4) is 0 Å². The Morgan fingerprint density at radius 3 is 2.28 bits per heavy atom. The van der Waals surface area contributed by atoms with Crippen molar-refractivity contribution in [2.75, 3.05) is 13.1 Å². The summed E-state index contributed by atoms with van der Waals surface area (Å²) in [5.74, 6) is -0.0779. The van der Waals surface area contributed by atoms with Crippen molar-refractivity contribution in [2.45, 2.75) is 57.4 Å². The first-order valence-electron chi connectivity index (χ1n) is 8.84. The monoisotopic (exact) mass is 386 g/mol. The Labute approximate surface area is 155 Å². The molecule has 7 heteroatoms. The second-order valence-corrected chi connectivity index (χ2v) is 9.31. The minimum Gasteiger partial charge on any atom is -0.349 e. The number of rotatable bonds is 5. The molecule has 1 aliphatic heterocycles. The van der Waals surface area contributed by atoms with Crippen LogP contribution in [0, 0.1) is 5.92 Å². The summed E-state index contributed by atoms with van der Waals surface area (Å²) < 4.78 is 27.3. The molecule has 0 aromatic heterocycles. The molecule has 140 valence electrons. The largest absolute Gasteiger partial charge is 0.349 e. The van der Waals surface area contributed by atoms with Crippen molar-refractivity contribution in [2.24, 2.45) is 5.92 Å². The Balaban J connectivity index is 2.29. The number of carbonyl (C=O) groups excluding carboxylic acids is 1. The van der Waals surface area contributed by atoms with Crippen LogP contribution in [0.15, 0.2) is 23.1 Å². The molecule has 0 spiro atoms. The zero-order valence-corrected chi connectivity index (χ0v) is 16.7. The molecule has 0 saturated carbocycles. The molecule has 1 aliphatic rings. The van der Waals surface area contributed by atoms with Crippen LogP contribution < -0.4 is 5.32 Å². The fourth-order valence-corrected chi connectivity index (χ4v) is 4.47. The third-order valence-electron chi connectivity index (χ3n) is 4.74. The van der Waals surface area contributed by atoms with Crippen LogP contribution in [0.2, 0.25) is 5.02 Å². The van der Waals surface area contributed by atoms with Gasteiger partial charge >= 0.3 is 0 Å². The van der Waals surface area contributed by atoms with E-state index in [2.05, 4.69) is 5.32 Å². The third-order valence-corrected chi connectivity index (χ3v) is 6.97. The minimum absolute atomic E-state index is 0.0329. The molecule has 1 fully saturated rings. The molecule has 1 atom stereocenters. The maximum Gasteiger partial charge on any atom is 0.253 e. The van der Waals surface area contributed by atoms with Crippen molar-refractivity contribution >= 4 is 27.5 Å². The Kier molecular flexibility index (Phi) is 6.88. The summed E-state index contributed by atoms with van der Waals surface area (Å²) in [6.45, 7) is 6.97. The summed E-state index contributed by atoms with van der Waals surface area (Å²) in [7, 11) is -3.61. The average Bonchev–Trinajstić information content (AvgIpc) is 2.84. The lowest BCUT2D eigenvalue weighted by atomic mass is 10.1. The van der Waals surface area contributed by atoms with Crippen molar-refractivity contribution in [1.82, 2.24) is 9.62 Å². The predicted octanol–water partition coefficient (Wildman–Crippen LogP) is 3.68. The highest BCUT2D eigenvalue weighted by Gasteiger charge is 2.27. The molecule has 1 aromatic rings. The van der Waals surface area contributed by atoms with E-state index in [1.807, 2.05) is 20.8 Å². The standard InChI is InChI=1S/C18H27ClN2O3S/c1-13(2)14(3)20-18(22)16-12-15(8-9-17(16)19)25(23,24)21-10-6-4-5-7-11-21/h8-9,12-14H,4-7,10-11H2,1-3H3,(H,20,22)/t14-/m0/s1. The van der Waals surface area contributed by atoms with Gasteiger partial charge in [0.05, 0.1) is 15.5 Å². The number of hydrogen-bond donors (Lipinski definition) is 1. The first kappa shape index (κ1) is 20.2. The molecule has 1 saturated heterocycles. The zero-order chi connectivity index (χ0) is 18.6. The van der Waals surface area contributed by atoms with Gasteiger partial charge in [-0.1, -0.05) is 38.3 Å². The molecule has 25 heavy (non-hydrogen) atoms. The van der Waals surface area contributed by atoms with Gasteiger partial charge in [0.25, 0.3) is 5.91 Å². The molecule has 1 amide bonds. The van der Waals surface area contributed by atoms with Crippen LogP contribution in [0.1, 0.15) is 56.8 Å². The maximum absolute atomic E-state index is 12.9. The zero-order valence-electron chi connectivity index (χ0n) is 15.1. The van der Waals surface area contributed by atoms with Gasteiger partial charge in [0.2, 0.25) is 10.0 Å². The van der Waals surface area contributed by atoms with Crippen molar-refractivity contribution in [1.29, 1.82) is 0 Å². The van der Waals surface area contributed by atoms with E-state index in [4.69, 9.17) is 11.6 Å². The van der Waals surface area contributed by atoms with E-state index in [-0.39, 0.29) is 33.3 Å². The van der Waals surface area contributed by atoms with Crippen molar-refractivity contribution in [3.05, 3.63) is 28.8 Å². The smallest absolute Gasteiger partial charge is 0.253 e. The molecule has 1 N–H and O–H groups in total. The summed E-state index contributed by atoms with van der Waals surface area (Å²) in [5.41, 5.74) is 0.199. The lowest BCUT2D eigenvalue weighted by molar-refractivity contribution is 0.0930. The number of nitrogens with one attached hydrogen (secondary N) is 1. The Morgan fingerprint density at radius 2 is 1.72 bits per heavy atom. The van der Waals surface area contributed by atoms with Crippen LogP contribution in [-0.2, 0) is 10.0 Å². The SMILES string of the molecule is CC(C)[C@H](C)NC(=O)c1cc(S(=O)(=O)N2CCCCCC2)ccc1Cl. The number of sulfonamides is 1. The second-order valence-electron chi connectivity index (χ2n) is 6.97. The summed E-state index contributed by atoms with van der Waals surface area (Å²) in [6, 6.07) is 4.33. The molecule has 0 unspecified atom stereocenters. The summed E-state index contributed by atoms with van der Waals surface area (Å²) in [4.78, 5) is 12.6. The van der Waals surface area contributed by atoms with Gasteiger partial charge in [0.15, 0.2) is 0 Å². The number of carbonyl (C=O) groups is 1. The van der Waals surface area contributed by atoms with Crippen LogP contribution in [0.4, 0.5) is 0 Å². The fourth-order valence-electron chi connectivity index (χ4n) is 2.72. The number of benzene rings is 1. The minimum atomic E-state index is -3.61. The van der Waals surface area contributed by atoms with Crippen LogP contribution in [0.5, 0.6) is 0 Å². The summed E-state index contributed by atoms with van der Waals surface area (Å²) in [5, 5.41) is 3.13. The molecule has 5 nitrogen and oxygen atoms in total. The molecule has 1 aromatic carbocycles. The first-order valence-corrected chi connectivity index (χ1v) is 10.7. The summed E-state index contributed by atoms with van der Waals surface area (Å²) >= 11 is 6.15. The van der Waals surface area contributed by atoms with Crippen molar-refractivity contribution in [3.63, 3.8) is 0 Å². The van der Waals surface area contributed by atoms with Crippen LogP contribution >= 0.6 is 11.6 Å². The van der Waals surface area contributed by atoms with Crippen molar-refractivity contribution < 1.29 is 13.2 Å². The topological polar surface area (TPSA) is 66.5 Å². The van der Waals surface area contributed by atoms with Gasteiger partial charge in [-0.05, 0) is 43.9 Å². The molecule has 0 bridgehead atoms. The van der Waals surface area contributed by atoms with Crippen LogP contribution in [0.3, 0.4) is 0 Å². The number of halogens is 1. The lowest BCUT2D eigenvalue weighted by Crippen LogP contribution is -2.36. The van der Waals surface area contributed by atoms with Gasteiger partial charge in [-0.15, -0.1) is 0 Å². The number of hydrogen-bond acceptors (Lipinski definition) is 3. The molecular formula is C18H27ClN2O3S. The second kappa shape index (κ2) is 8.52. The van der Waals surface area contributed by atoms with Gasteiger partial charge in [-0.2, -0.15) is 4.31 Å². The first-order chi connectivity index (χ1) is 11.7. The molecular weight excluding hydrogens is 360 g/mol. The number of nitrogens with zero attached hydrogens (tertiary/aromatic N) is 1.